The first-order valence-electron chi connectivity index (χ1n) is 5.65. The van der Waals surface area contributed by atoms with E-state index in [0.717, 1.165) is 13.0 Å². The third kappa shape index (κ3) is 8.64. The second-order valence-corrected chi connectivity index (χ2v) is 10.00. The van der Waals surface area contributed by atoms with Crippen LogP contribution in [0.15, 0.2) is 23.8 Å². The van der Waals surface area contributed by atoms with Gasteiger partial charge in [0.1, 0.15) is 0 Å². The normalized spacial score (nSPS) is 13.5. The smallest absolute Gasteiger partial charge is 0.183 e. The minimum absolute atomic E-state index is 0.478. The molecule has 15 heavy (non-hydrogen) atoms. The molecule has 0 heterocycles. The highest BCUT2D eigenvalue weighted by Gasteiger charge is 2.17. The molecule has 0 saturated heterocycles. The van der Waals surface area contributed by atoms with Crippen molar-refractivity contribution in [2.45, 2.75) is 46.8 Å². The zero-order valence-corrected chi connectivity index (χ0v) is 12.2. The van der Waals surface area contributed by atoms with Gasteiger partial charge in [-0.2, -0.15) is 0 Å². The molecule has 0 spiro atoms. The van der Waals surface area contributed by atoms with Crippen molar-refractivity contribution >= 4 is 8.32 Å². The van der Waals surface area contributed by atoms with E-state index in [9.17, 15) is 0 Å². The van der Waals surface area contributed by atoms with E-state index in [1.807, 2.05) is 0 Å². The summed E-state index contributed by atoms with van der Waals surface area (Å²) in [6.07, 6.45) is 3.33. The Bertz CT molecular complexity index is 231. The van der Waals surface area contributed by atoms with Gasteiger partial charge >= 0.3 is 0 Å². The summed E-state index contributed by atoms with van der Waals surface area (Å²) in [6.45, 7) is 17.9. The van der Waals surface area contributed by atoms with Crippen molar-refractivity contribution in [3.05, 3.63) is 23.8 Å². The number of allylic oxidation sites excluding steroid dienone is 2. The molecule has 0 fully saturated rings. The van der Waals surface area contributed by atoms with Gasteiger partial charge in [-0.15, -0.1) is 0 Å². The SMILES string of the molecule is C=C(C)C(CC=C(C)C)CO[Si](C)(C)C. The zero-order chi connectivity index (χ0) is 12.1. The molecule has 0 aliphatic heterocycles. The molecular weight excluding hydrogens is 200 g/mol. The lowest BCUT2D eigenvalue weighted by atomic mass is 9.98. The molecule has 0 aliphatic rings. The van der Waals surface area contributed by atoms with Crippen molar-refractivity contribution in [3.63, 3.8) is 0 Å². The van der Waals surface area contributed by atoms with Gasteiger partial charge in [0.15, 0.2) is 8.32 Å². The summed E-state index contributed by atoms with van der Waals surface area (Å²) in [7, 11) is -1.38. The van der Waals surface area contributed by atoms with Crippen molar-refractivity contribution < 1.29 is 4.43 Å². The summed E-state index contributed by atoms with van der Waals surface area (Å²) < 4.78 is 5.93. The fraction of sp³-hybridized carbons (Fsp3) is 0.692. The van der Waals surface area contributed by atoms with Crippen LogP contribution < -0.4 is 0 Å². The third-order valence-electron chi connectivity index (χ3n) is 2.23. The Morgan fingerprint density at radius 1 is 1.27 bits per heavy atom. The largest absolute Gasteiger partial charge is 0.417 e. The van der Waals surface area contributed by atoms with Gasteiger partial charge < -0.3 is 4.43 Å². The van der Waals surface area contributed by atoms with Crippen LogP contribution in [0.1, 0.15) is 27.2 Å². The van der Waals surface area contributed by atoms with Crippen LogP contribution in [-0.4, -0.2) is 14.9 Å². The van der Waals surface area contributed by atoms with Crippen LogP contribution in [0.3, 0.4) is 0 Å². The molecule has 88 valence electrons. The maximum absolute atomic E-state index is 5.93. The third-order valence-corrected chi connectivity index (χ3v) is 3.26. The fourth-order valence-corrected chi connectivity index (χ4v) is 1.84. The van der Waals surface area contributed by atoms with Gasteiger partial charge in [0.05, 0.1) is 0 Å². The molecule has 0 amide bonds. The van der Waals surface area contributed by atoms with Crippen LogP contribution in [0.5, 0.6) is 0 Å². The van der Waals surface area contributed by atoms with E-state index in [4.69, 9.17) is 4.43 Å². The van der Waals surface area contributed by atoms with E-state index in [1.165, 1.54) is 11.1 Å². The minimum Gasteiger partial charge on any atom is -0.417 e. The highest BCUT2D eigenvalue weighted by atomic mass is 28.4. The Kier molecular flexibility index (Phi) is 6.14. The predicted octanol–water partition coefficient (Wildman–Crippen LogP) is 4.39. The van der Waals surface area contributed by atoms with Crippen LogP contribution in [0.4, 0.5) is 0 Å². The van der Waals surface area contributed by atoms with Crippen molar-refractivity contribution in [1.82, 2.24) is 0 Å². The van der Waals surface area contributed by atoms with Gasteiger partial charge in [-0.3, -0.25) is 0 Å². The summed E-state index contributed by atoms with van der Waals surface area (Å²) in [5.74, 6) is 0.478. The molecule has 0 saturated carbocycles. The van der Waals surface area contributed by atoms with Crippen LogP contribution in [0.2, 0.25) is 19.6 Å². The first kappa shape index (κ1) is 14.7. The molecule has 0 bridgehead atoms. The summed E-state index contributed by atoms with van der Waals surface area (Å²) in [5.41, 5.74) is 2.60. The topological polar surface area (TPSA) is 9.23 Å². The first-order valence-corrected chi connectivity index (χ1v) is 9.06. The van der Waals surface area contributed by atoms with Gasteiger partial charge in [-0.25, -0.2) is 0 Å². The van der Waals surface area contributed by atoms with E-state index >= 15 is 0 Å². The average Bonchev–Trinajstić information content (AvgIpc) is 2.00. The van der Waals surface area contributed by atoms with Gasteiger partial charge in [-0.05, 0) is 46.8 Å². The van der Waals surface area contributed by atoms with Crippen LogP contribution in [0.25, 0.3) is 0 Å². The van der Waals surface area contributed by atoms with E-state index in [2.05, 4.69) is 53.1 Å². The highest BCUT2D eigenvalue weighted by molar-refractivity contribution is 6.69. The lowest BCUT2D eigenvalue weighted by molar-refractivity contribution is 0.264. The van der Waals surface area contributed by atoms with E-state index in [1.54, 1.807) is 0 Å². The minimum atomic E-state index is -1.38. The van der Waals surface area contributed by atoms with Crippen LogP contribution in [-0.2, 0) is 4.43 Å². The lowest BCUT2D eigenvalue weighted by Gasteiger charge is -2.22. The summed E-state index contributed by atoms with van der Waals surface area (Å²) in [4.78, 5) is 0. The Morgan fingerprint density at radius 3 is 2.13 bits per heavy atom. The molecule has 0 aromatic heterocycles. The lowest BCUT2D eigenvalue weighted by Crippen LogP contribution is -2.28. The van der Waals surface area contributed by atoms with E-state index < -0.39 is 8.32 Å². The van der Waals surface area contributed by atoms with Crippen molar-refractivity contribution in [2.24, 2.45) is 5.92 Å². The standard InChI is InChI=1S/C13H26OSi/c1-11(2)8-9-13(12(3)4)10-14-15(5,6)7/h8,13H,3,9-10H2,1-2,4-7H3. The monoisotopic (exact) mass is 226 g/mol. The van der Waals surface area contributed by atoms with Crippen molar-refractivity contribution in [3.8, 4) is 0 Å². The van der Waals surface area contributed by atoms with Gasteiger partial charge in [0, 0.05) is 12.5 Å². The van der Waals surface area contributed by atoms with E-state index in [0.29, 0.717) is 5.92 Å². The molecule has 1 unspecified atom stereocenters. The van der Waals surface area contributed by atoms with Crippen molar-refractivity contribution in [2.75, 3.05) is 6.61 Å². The quantitative estimate of drug-likeness (QED) is 0.482. The molecule has 0 aliphatic carbocycles. The molecule has 0 aromatic rings. The molecule has 1 nitrogen and oxygen atoms in total. The molecule has 0 rings (SSSR count). The molecular formula is C13H26OSi. The summed E-state index contributed by atoms with van der Waals surface area (Å²) in [5, 5.41) is 0. The maximum atomic E-state index is 5.93. The summed E-state index contributed by atoms with van der Waals surface area (Å²) in [6, 6.07) is 0. The van der Waals surface area contributed by atoms with Gasteiger partial charge in [0.2, 0.25) is 0 Å². The second kappa shape index (κ2) is 6.29. The van der Waals surface area contributed by atoms with Gasteiger partial charge in [0.25, 0.3) is 0 Å². The van der Waals surface area contributed by atoms with Crippen LogP contribution >= 0.6 is 0 Å². The molecule has 0 radical (unpaired) electrons. The Hall–Kier alpha value is -0.343. The Morgan fingerprint density at radius 2 is 1.80 bits per heavy atom. The number of rotatable bonds is 6. The molecule has 1 atom stereocenters. The first-order chi connectivity index (χ1) is 6.72. The number of hydrogen-bond donors (Lipinski definition) is 0. The molecule has 0 aromatic carbocycles. The zero-order valence-electron chi connectivity index (χ0n) is 11.2. The highest BCUT2D eigenvalue weighted by Crippen LogP contribution is 2.17. The van der Waals surface area contributed by atoms with Gasteiger partial charge in [-0.1, -0.05) is 23.8 Å². The Balaban J connectivity index is 4.18. The maximum Gasteiger partial charge on any atom is 0.183 e. The number of hydrogen-bond acceptors (Lipinski definition) is 1. The van der Waals surface area contributed by atoms with Crippen LogP contribution in [0, 0.1) is 5.92 Å². The van der Waals surface area contributed by atoms with Crippen molar-refractivity contribution in [1.29, 1.82) is 0 Å². The second-order valence-electron chi connectivity index (χ2n) is 5.48. The predicted molar refractivity (Wildman–Crippen MR) is 71.7 cm³/mol. The summed E-state index contributed by atoms with van der Waals surface area (Å²) >= 11 is 0. The Labute approximate surface area is 96.4 Å². The van der Waals surface area contributed by atoms with E-state index in [-0.39, 0.29) is 0 Å². The molecule has 2 heteroatoms. The fourth-order valence-electron chi connectivity index (χ4n) is 1.14. The average molecular weight is 226 g/mol. The molecule has 0 N–H and O–H groups in total.